The molecule has 4 aromatic rings. The minimum Gasteiger partial charge on any atom is -0.473 e. The summed E-state index contributed by atoms with van der Waals surface area (Å²) in [4.78, 5) is 27.0. The van der Waals surface area contributed by atoms with Gasteiger partial charge < -0.3 is 18.9 Å². The van der Waals surface area contributed by atoms with Crippen molar-refractivity contribution in [3.63, 3.8) is 0 Å². The number of nitriles is 1. The molecule has 2 aromatic carbocycles. The Bertz CT molecular complexity index is 1750. The van der Waals surface area contributed by atoms with Gasteiger partial charge >= 0.3 is 0 Å². The van der Waals surface area contributed by atoms with Crippen molar-refractivity contribution in [3.8, 4) is 11.9 Å². The van der Waals surface area contributed by atoms with E-state index in [0.29, 0.717) is 36.1 Å². The molecule has 240 valence electrons. The molecule has 3 unspecified atom stereocenters. The van der Waals surface area contributed by atoms with E-state index in [2.05, 4.69) is 33.1 Å². The molecule has 1 amide bonds. The first kappa shape index (κ1) is 31.8. The molecule has 46 heavy (non-hydrogen) atoms. The Morgan fingerprint density at radius 3 is 2.78 bits per heavy atom. The Morgan fingerprint density at radius 2 is 2.04 bits per heavy atom. The van der Waals surface area contributed by atoms with E-state index in [1.165, 1.54) is 18.0 Å². The fourth-order valence-corrected chi connectivity index (χ4v) is 6.57. The van der Waals surface area contributed by atoms with Crippen LogP contribution in [0.1, 0.15) is 53.5 Å². The molecule has 6 rings (SSSR count). The second-order valence-electron chi connectivity index (χ2n) is 12.0. The Balaban J connectivity index is 1.16. The molecular weight excluding hydrogens is 605 g/mol. The third kappa shape index (κ3) is 6.97. The first-order valence-corrected chi connectivity index (χ1v) is 16.7. The summed E-state index contributed by atoms with van der Waals surface area (Å²) in [6, 6.07) is 18.2. The number of aromatic nitrogens is 3. The minimum atomic E-state index is -0.471. The molecule has 2 aromatic heterocycles. The zero-order chi connectivity index (χ0) is 32.2. The summed E-state index contributed by atoms with van der Waals surface area (Å²) < 4.78 is 31.1. The Labute approximate surface area is 272 Å². The van der Waals surface area contributed by atoms with Crippen molar-refractivity contribution < 1.29 is 18.7 Å². The minimum absolute atomic E-state index is 0.0202. The van der Waals surface area contributed by atoms with Crippen LogP contribution in [0.3, 0.4) is 0 Å². The molecule has 3 atom stereocenters. The largest absolute Gasteiger partial charge is 0.473 e. The van der Waals surface area contributed by atoms with Crippen molar-refractivity contribution in [2.75, 3.05) is 31.4 Å². The first-order chi connectivity index (χ1) is 22.3. The van der Waals surface area contributed by atoms with E-state index in [9.17, 15) is 9.18 Å². The molecule has 0 saturated carbocycles. The lowest BCUT2D eigenvalue weighted by molar-refractivity contribution is -0.0591. The second-order valence-corrected chi connectivity index (χ2v) is 12.6. The van der Waals surface area contributed by atoms with Gasteiger partial charge in [0.25, 0.3) is 5.91 Å². The van der Waals surface area contributed by atoms with E-state index in [4.69, 9.17) is 24.7 Å². The van der Waals surface area contributed by atoms with E-state index < -0.39 is 5.82 Å². The van der Waals surface area contributed by atoms with E-state index in [0.717, 1.165) is 55.1 Å². The zero-order valence-electron chi connectivity index (χ0n) is 26.3. The predicted molar refractivity (Wildman–Crippen MR) is 176 cm³/mol. The van der Waals surface area contributed by atoms with Gasteiger partial charge in [0.05, 0.1) is 41.9 Å². The number of carbonyl (C=O) groups excluding carboxylic acids is 1. The molecule has 4 heterocycles. The fraction of sp³-hybridized carbons (Fsp3) is 0.412. The second kappa shape index (κ2) is 14.1. The summed E-state index contributed by atoms with van der Waals surface area (Å²) >= 11 is 1.28. The number of carbonyl (C=O) groups is 1. The van der Waals surface area contributed by atoms with E-state index in [-0.39, 0.29) is 30.2 Å². The van der Waals surface area contributed by atoms with Crippen LogP contribution in [0.4, 0.5) is 10.2 Å². The standard InChI is InChI=1S/C34H38FN7O3S/c1-22-7-11-26(42(22)31-5-4-6-33(38-31)45-21-25-9-8-23(17-36)15-28(25)35)18-40(2)20-32-37-29-12-10-24(34(43)39-46-3)16-30(29)41(32)19-27-13-14-44-27/h4-6,8-10,12,15-16,22,26-27H,7,11,13-14,18-21H2,1-3H3,(H,39,43). The molecule has 0 spiro atoms. The Morgan fingerprint density at radius 1 is 1.20 bits per heavy atom. The van der Waals surface area contributed by atoms with Crippen LogP contribution in [0.15, 0.2) is 54.6 Å². The Hall–Kier alpha value is -4.18. The highest BCUT2D eigenvalue weighted by Gasteiger charge is 2.33. The van der Waals surface area contributed by atoms with E-state index in [1.807, 2.05) is 42.7 Å². The molecular formula is C34H38FN7O3S. The third-order valence-electron chi connectivity index (χ3n) is 8.71. The van der Waals surface area contributed by atoms with E-state index in [1.54, 1.807) is 18.2 Å². The molecule has 12 heteroatoms. The van der Waals surface area contributed by atoms with Crippen molar-refractivity contribution in [3.05, 3.63) is 82.9 Å². The van der Waals surface area contributed by atoms with Crippen molar-refractivity contribution in [1.29, 1.82) is 5.26 Å². The lowest BCUT2D eigenvalue weighted by Gasteiger charge is -2.33. The average molecular weight is 644 g/mol. The molecule has 2 saturated heterocycles. The molecule has 2 fully saturated rings. The number of halogens is 1. The number of pyridine rings is 1. The number of benzene rings is 2. The normalized spacial score (nSPS) is 19.3. The van der Waals surface area contributed by atoms with Crippen molar-refractivity contribution >= 4 is 34.7 Å². The highest BCUT2D eigenvalue weighted by molar-refractivity contribution is 7.97. The summed E-state index contributed by atoms with van der Waals surface area (Å²) in [5, 5.41) is 9.01. The SMILES string of the molecule is CSNC(=O)c1ccc2nc(CN(C)CC3CCC(C)N3c3cccc(OCc4ccc(C#N)cc4F)n3)n(CC3CCO3)c2c1. The number of anilines is 1. The highest BCUT2D eigenvalue weighted by atomic mass is 32.2. The molecule has 0 bridgehead atoms. The van der Waals surface area contributed by atoms with Gasteiger partial charge in [-0.1, -0.05) is 24.1 Å². The highest BCUT2D eigenvalue weighted by Crippen LogP contribution is 2.31. The number of ether oxygens (including phenoxy) is 2. The Kier molecular flexibility index (Phi) is 9.72. The molecule has 2 aliphatic rings. The number of likely N-dealkylation sites (N-methyl/N-ethyl adjacent to an activating group) is 1. The van der Waals surface area contributed by atoms with Crippen molar-refractivity contribution in [1.82, 2.24) is 24.2 Å². The van der Waals surface area contributed by atoms with Crippen LogP contribution >= 0.6 is 11.9 Å². The molecule has 1 N–H and O–H groups in total. The fourth-order valence-electron chi connectivity index (χ4n) is 6.27. The van der Waals surface area contributed by atoms with Crippen LogP contribution in [0, 0.1) is 17.1 Å². The summed E-state index contributed by atoms with van der Waals surface area (Å²) in [7, 11) is 2.11. The number of nitrogens with zero attached hydrogens (tertiary/aromatic N) is 6. The maximum atomic E-state index is 14.4. The van der Waals surface area contributed by atoms with Gasteiger partial charge in [0, 0.05) is 48.7 Å². The maximum Gasteiger partial charge on any atom is 0.261 e. The molecule has 0 aliphatic carbocycles. The number of rotatable bonds is 12. The first-order valence-electron chi connectivity index (χ1n) is 15.5. The van der Waals surface area contributed by atoms with Crippen LogP contribution in [0.25, 0.3) is 11.0 Å². The number of hydrogen-bond donors (Lipinski definition) is 1. The summed E-state index contributed by atoms with van der Waals surface area (Å²) in [5.74, 6) is 1.59. The number of amides is 1. The maximum absolute atomic E-state index is 14.4. The van der Waals surface area contributed by atoms with Crippen LogP contribution < -0.4 is 14.4 Å². The number of imidazole rings is 1. The number of fused-ring (bicyclic) bond motifs is 1. The number of nitrogens with one attached hydrogen (secondary N) is 1. The topological polar surface area (TPSA) is 109 Å². The van der Waals surface area contributed by atoms with Crippen LogP contribution in [0.2, 0.25) is 0 Å². The predicted octanol–water partition coefficient (Wildman–Crippen LogP) is 5.31. The van der Waals surface area contributed by atoms with Gasteiger partial charge in [-0.25, -0.2) is 9.37 Å². The number of hydrogen-bond acceptors (Lipinski definition) is 9. The van der Waals surface area contributed by atoms with Crippen LogP contribution in [-0.4, -0.2) is 70.0 Å². The van der Waals surface area contributed by atoms with Crippen LogP contribution in [-0.2, 0) is 24.4 Å². The van der Waals surface area contributed by atoms with Gasteiger partial charge in [-0.05, 0) is 69.6 Å². The lowest BCUT2D eigenvalue weighted by Crippen LogP contribution is -2.42. The quantitative estimate of drug-likeness (QED) is 0.206. The van der Waals surface area contributed by atoms with Crippen molar-refractivity contribution in [2.24, 2.45) is 0 Å². The molecule has 10 nitrogen and oxygen atoms in total. The molecule has 2 aliphatic heterocycles. The van der Waals surface area contributed by atoms with E-state index >= 15 is 0 Å². The third-order valence-corrected chi connectivity index (χ3v) is 9.10. The van der Waals surface area contributed by atoms with Gasteiger partial charge in [-0.15, -0.1) is 0 Å². The van der Waals surface area contributed by atoms with Gasteiger partial charge in [0.1, 0.15) is 24.1 Å². The van der Waals surface area contributed by atoms with Gasteiger partial charge in [-0.2, -0.15) is 10.2 Å². The summed E-state index contributed by atoms with van der Waals surface area (Å²) in [5.41, 5.74) is 3.05. The molecule has 0 radical (unpaired) electrons. The van der Waals surface area contributed by atoms with Gasteiger partial charge in [0.2, 0.25) is 5.88 Å². The lowest BCUT2D eigenvalue weighted by atomic mass is 10.1. The van der Waals surface area contributed by atoms with Crippen LogP contribution in [0.5, 0.6) is 5.88 Å². The zero-order valence-corrected chi connectivity index (χ0v) is 27.1. The summed E-state index contributed by atoms with van der Waals surface area (Å²) in [6.07, 6.45) is 5.05. The monoisotopic (exact) mass is 643 g/mol. The average Bonchev–Trinajstić information content (AvgIpc) is 3.56. The van der Waals surface area contributed by atoms with Gasteiger partial charge in [0.15, 0.2) is 0 Å². The summed E-state index contributed by atoms with van der Waals surface area (Å²) in [6.45, 7) is 5.15. The van der Waals surface area contributed by atoms with Crippen molar-refractivity contribution in [2.45, 2.75) is 64.1 Å². The van der Waals surface area contributed by atoms with Gasteiger partial charge in [-0.3, -0.25) is 14.4 Å². The smallest absolute Gasteiger partial charge is 0.261 e.